The normalized spacial score (nSPS) is 16.0. The summed E-state index contributed by atoms with van der Waals surface area (Å²) < 4.78 is 22.7. The van der Waals surface area contributed by atoms with Crippen LogP contribution in [0.1, 0.15) is 25.6 Å². The molecule has 1 aromatic heterocycles. The van der Waals surface area contributed by atoms with Crippen LogP contribution in [0.2, 0.25) is 0 Å². The zero-order valence-electron chi connectivity index (χ0n) is 25.4. The number of aliphatic imine (C=N–C) groups is 1. The Morgan fingerprint density at radius 3 is 2.38 bits per heavy atom. The number of nitrogens with zero attached hydrogens (tertiary/aromatic N) is 4. The summed E-state index contributed by atoms with van der Waals surface area (Å²) in [5, 5.41) is 22.8. The molecular weight excluding hydrogens is 627 g/mol. The molecule has 0 spiro atoms. The average Bonchev–Trinajstić information content (AvgIpc) is 3.30. The number of benzene rings is 3. The number of carboxylic acid groups (broad SMARTS) is 1. The maximum atomic E-state index is 13.0. The van der Waals surface area contributed by atoms with Crippen molar-refractivity contribution < 1.29 is 92.8 Å². The Morgan fingerprint density at radius 1 is 1.02 bits per heavy atom. The molecule has 0 radical (unpaired) electrons. The molecule has 0 aliphatic carbocycles. The van der Waals surface area contributed by atoms with Gasteiger partial charge in [0.1, 0.15) is 0 Å². The van der Waals surface area contributed by atoms with Gasteiger partial charge in [0.2, 0.25) is 5.91 Å². The Hall–Kier alpha value is -2.42. The minimum atomic E-state index is -2.12. The van der Waals surface area contributed by atoms with Crippen LogP contribution in [0.5, 0.6) is 5.88 Å². The number of aromatic carboxylic acids is 1. The second-order valence-corrected chi connectivity index (χ2v) is 9.46. The van der Waals surface area contributed by atoms with Crippen LogP contribution < -0.4 is 78.9 Å². The van der Waals surface area contributed by atoms with Crippen molar-refractivity contribution >= 4 is 39.9 Å². The van der Waals surface area contributed by atoms with Gasteiger partial charge >= 0.3 is 68.9 Å². The van der Waals surface area contributed by atoms with Crippen LogP contribution in [0.15, 0.2) is 77.8 Å². The first kappa shape index (κ1) is 26.5. The predicted molar refractivity (Wildman–Crippen MR) is 150 cm³/mol. The summed E-state index contributed by atoms with van der Waals surface area (Å²) in [4.78, 5) is 37.0. The third-order valence-corrected chi connectivity index (χ3v) is 6.88. The fourth-order valence-corrected chi connectivity index (χ4v) is 4.64. The first-order valence-electron chi connectivity index (χ1n) is 14.1. The van der Waals surface area contributed by atoms with Crippen molar-refractivity contribution in [1.82, 2.24) is 14.8 Å². The summed E-state index contributed by atoms with van der Waals surface area (Å²) >= 11 is 0. The van der Waals surface area contributed by atoms with E-state index in [0.29, 0.717) is 59.7 Å². The van der Waals surface area contributed by atoms with Crippen molar-refractivity contribution in [3.05, 3.63) is 89.5 Å². The fraction of sp³-hybridized carbons (Fsp3) is 0.233. The number of aromatic hydroxyl groups is 1. The van der Waals surface area contributed by atoms with Gasteiger partial charge in [-0.05, 0) is 42.9 Å². The van der Waals surface area contributed by atoms with E-state index in [9.17, 15) is 19.8 Å². The maximum Gasteiger partial charge on any atom is 1.00 e. The number of likely N-dealkylation sites (N-methyl/N-ethyl adjacent to an activating group) is 2. The number of nitrogens with one attached hydrogen (secondary N) is 1. The van der Waals surface area contributed by atoms with Crippen molar-refractivity contribution in [3.63, 3.8) is 0 Å². The third-order valence-electron chi connectivity index (χ3n) is 6.88. The second-order valence-electron chi connectivity index (χ2n) is 9.46. The standard InChI is InChI=1S/C30H31N5O4.Cs/c1-33-14-16-35(17-15-33)19-26(36)34(2)23-11-9-22(10-12-23)31-28(20-6-4-3-5-7-20)27-24-13-8-21(30(38)39)18-25(24)32-29(27)37;/h3-13,18,32,37H,14-17,19H2,1-2H3,(H,38,39);/q;+1/p-1/i1D3;. The van der Waals surface area contributed by atoms with Crippen molar-refractivity contribution in [3.8, 4) is 5.88 Å². The summed E-state index contributed by atoms with van der Waals surface area (Å²) in [6.45, 7) is -0.164. The summed E-state index contributed by atoms with van der Waals surface area (Å²) in [5.74, 6) is -1.58. The number of fused-ring (bicyclic) bond motifs is 1. The summed E-state index contributed by atoms with van der Waals surface area (Å²) in [6, 6.07) is 20.9. The molecule has 5 rings (SSSR count). The average molecular weight is 661 g/mol. The number of piperazine rings is 1. The fourth-order valence-electron chi connectivity index (χ4n) is 4.64. The van der Waals surface area contributed by atoms with E-state index >= 15 is 0 Å². The number of H-pyrrole nitrogens is 1. The van der Waals surface area contributed by atoms with Gasteiger partial charge in [0, 0.05) is 59.5 Å². The van der Waals surface area contributed by atoms with Crippen molar-refractivity contribution in [2.24, 2.45) is 4.99 Å². The Labute approximate surface area is 296 Å². The Balaban J connectivity index is 0.00000423. The van der Waals surface area contributed by atoms with Crippen LogP contribution in [0.3, 0.4) is 0 Å². The summed E-state index contributed by atoms with van der Waals surface area (Å²) in [6.07, 6.45) is 0. The Bertz CT molecular complexity index is 1630. The van der Waals surface area contributed by atoms with E-state index in [2.05, 4.69) is 4.98 Å². The van der Waals surface area contributed by atoms with Crippen LogP contribution in [-0.2, 0) is 4.79 Å². The number of amides is 1. The molecule has 0 unspecified atom stereocenters. The number of hydrogen-bond acceptors (Lipinski definition) is 7. The van der Waals surface area contributed by atoms with Crippen molar-refractivity contribution in [2.75, 3.05) is 51.6 Å². The molecule has 200 valence electrons. The van der Waals surface area contributed by atoms with Crippen LogP contribution in [-0.4, -0.2) is 84.2 Å². The largest absolute Gasteiger partial charge is 1.00 e. The second kappa shape index (κ2) is 13.5. The van der Waals surface area contributed by atoms with Gasteiger partial charge in [0.15, 0.2) is 5.88 Å². The first-order chi connectivity index (χ1) is 20.0. The molecule has 4 aromatic rings. The van der Waals surface area contributed by atoms with Gasteiger partial charge in [-0.15, -0.1) is 0 Å². The molecule has 40 heavy (non-hydrogen) atoms. The van der Waals surface area contributed by atoms with E-state index in [1.165, 1.54) is 17.0 Å². The number of aromatic amines is 1. The molecular formula is C30H30CsN5O4. The number of hydrogen-bond donors (Lipinski definition) is 2. The quantitative estimate of drug-likeness (QED) is 0.262. The smallest absolute Gasteiger partial charge is 0.545 e. The van der Waals surface area contributed by atoms with E-state index in [1.54, 1.807) is 42.3 Å². The zero-order chi connectivity index (χ0) is 30.0. The van der Waals surface area contributed by atoms with Crippen LogP contribution >= 0.6 is 0 Å². The molecule has 1 aliphatic rings. The predicted octanol–water partition coefficient (Wildman–Crippen LogP) is -0.380. The number of carbonyl (C=O) groups is 2. The van der Waals surface area contributed by atoms with E-state index in [0.717, 1.165) is 5.56 Å². The van der Waals surface area contributed by atoms with Crippen molar-refractivity contribution in [2.45, 2.75) is 0 Å². The maximum absolute atomic E-state index is 13.0. The van der Waals surface area contributed by atoms with Gasteiger partial charge in [0.25, 0.3) is 0 Å². The molecule has 2 N–H and O–H groups in total. The molecule has 3 aromatic carbocycles. The number of aromatic nitrogens is 1. The molecule has 1 saturated heterocycles. The van der Waals surface area contributed by atoms with Gasteiger partial charge in [-0.2, -0.15) is 0 Å². The number of rotatable bonds is 7. The van der Waals surface area contributed by atoms with Gasteiger partial charge in [-0.3, -0.25) is 9.69 Å². The SMILES string of the molecule is [2H]C([2H])([2H])N1CCN(CC(=O)N(C)c2ccc(N=C(c3ccccc3)c3c(O)[nH]c4cc(C(=O)[O-])ccc34)cc2)CC1.[Cs+]. The molecule has 1 fully saturated rings. The van der Waals surface area contributed by atoms with Crippen LogP contribution in [0, 0.1) is 0 Å². The van der Waals surface area contributed by atoms with Crippen molar-refractivity contribution in [1.29, 1.82) is 0 Å². The van der Waals surface area contributed by atoms with E-state index < -0.39 is 12.9 Å². The number of anilines is 1. The van der Waals surface area contributed by atoms with Crippen LogP contribution in [0.25, 0.3) is 10.9 Å². The minimum absolute atomic E-state index is 0. The first-order valence-corrected chi connectivity index (χ1v) is 12.6. The van der Waals surface area contributed by atoms with Gasteiger partial charge in [-0.25, -0.2) is 4.99 Å². The molecule has 0 bridgehead atoms. The van der Waals surface area contributed by atoms with Gasteiger partial charge < -0.3 is 29.8 Å². The van der Waals surface area contributed by atoms with E-state index in [-0.39, 0.29) is 92.8 Å². The molecule has 0 atom stereocenters. The summed E-state index contributed by atoms with van der Waals surface area (Å²) in [5.41, 5.74) is 3.33. The monoisotopic (exact) mass is 660 g/mol. The molecule has 2 heterocycles. The molecule has 9 nitrogen and oxygen atoms in total. The summed E-state index contributed by atoms with van der Waals surface area (Å²) in [7, 11) is 1.69. The van der Waals surface area contributed by atoms with Crippen LogP contribution in [0.4, 0.5) is 11.4 Å². The van der Waals surface area contributed by atoms with E-state index in [4.69, 9.17) is 9.10 Å². The molecule has 0 saturated carbocycles. The Morgan fingerprint density at radius 2 is 1.73 bits per heavy atom. The van der Waals surface area contributed by atoms with E-state index in [1.807, 2.05) is 35.2 Å². The molecule has 10 heteroatoms. The molecule has 1 aliphatic heterocycles. The minimum Gasteiger partial charge on any atom is -0.545 e. The molecule has 1 amide bonds. The van der Waals surface area contributed by atoms with Gasteiger partial charge in [-0.1, -0.05) is 42.5 Å². The topological polar surface area (TPSA) is 115 Å². The van der Waals surface area contributed by atoms with Gasteiger partial charge in [0.05, 0.1) is 29.5 Å². The number of carboxylic acids is 1. The third kappa shape index (κ3) is 6.89. The Kier molecular flexibility index (Phi) is 8.93. The number of carbonyl (C=O) groups excluding carboxylic acids is 2. The zero-order valence-corrected chi connectivity index (χ0v) is 28.7.